The molecule has 0 aliphatic rings. The molecular formula is C19H14FN3O4S. The Balaban J connectivity index is 1.58. The Bertz CT molecular complexity index is 1180. The molecule has 2 heterocycles. The molecule has 142 valence electrons. The molecule has 0 spiro atoms. The average Bonchev–Trinajstić information content (AvgIpc) is 3.30. The molecule has 4 rings (SSSR count). The second-order valence-corrected chi connectivity index (χ2v) is 6.73. The largest absolute Gasteiger partial charge is 0.504 e. The van der Waals surface area contributed by atoms with Gasteiger partial charge in [-0.2, -0.15) is 4.68 Å². The molecule has 0 aliphatic carbocycles. The summed E-state index contributed by atoms with van der Waals surface area (Å²) in [4.78, 5) is 16.6. The monoisotopic (exact) mass is 399 g/mol. The molecule has 28 heavy (non-hydrogen) atoms. The lowest BCUT2D eigenvalue weighted by atomic mass is 10.2. The summed E-state index contributed by atoms with van der Waals surface area (Å²) in [6, 6.07) is 10.5. The van der Waals surface area contributed by atoms with Crippen molar-refractivity contribution in [1.82, 2.24) is 14.8 Å². The van der Waals surface area contributed by atoms with E-state index in [0.717, 1.165) is 10.2 Å². The van der Waals surface area contributed by atoms with Crippen LogP contribution in [0.1, 0.15) is 5.69 Å². The number of aromatic nitrogens is 3. The minimum atomic E-state index is -0.625. The lowest BCUT2D eigenvalue weighted by molar-refractivity contribution is 0.373. The van der Waals surface area contributed by atoms with Gasteiger partial charge >= 0.3 is 5.76 Å². The summed E-state index contributed by atoms with van der Waals surface area (Å²) in [5.74, 6) is -0.494. The van der Waals surface area contributed by atoms with Crippen LogP contribution in [-0.2, 0) is 6.54 Å². The van der Waals surface area contributed by atoms with Crippen molar-refractivity contribution in [1.29, 1.82) is 0 Å². The summed E-state index contributed by atoms with van der Waals surface area (Å²) in [5.41, 5.74) is 1.92. The van der Waals surface area contributed by atoms with Gasteiger partial charge in [0.15, 0.2) is 11.5 Å². The quantitative estimate of drug-likeness (QED) is 0.552. The Labute approximate surface area is 162 Å². The third-order valence-corrected chi connectivity index (χ3v) is 4.93. The van der Waals surface area contributed by atoms with Gasteiger partial charge in [0.1, 0.15) is 10.8 Å². The highest BCUT2D eigenvalue weighted by molar-refractivity contribution is 7.13. The molecule has 0 saturated heterocycles. The first-order valence-electron chi connectivity index (χ1n) is 8.19. The number of methoxy groups -OCH3 is 1. The second-order valence-electron chi connectivity index (χ2n) is 5.87. The number of ether oxygens (including phenoxy) is 1. The summed E-state index contributed by atoms with van der Waals surface area (Å²) < 4.78 is 24.5. The molecular weight excluding hydrogens is 385 g/mol. The van der Waals surface area contributed by atoms with Crippen LogP contribution >= 0.6 is 11.3 Å². The van der Waals surface area contributed by atoms with Crippen molar-refractivity contribution < 1.29 is 18.7 Å². The standard InChI is InChI=1S/C19H14FN3O4S/c1-26-16-8-12(4-7-15(16)24)18-21-14(10-28-18)9-23-19(25)27-17(22-23)11-2-5-13(20)6-3-11/h2-8,10,24H,9H2,1H3. The summed E-state index contributed by atoms with van der Waals surface area (Å²) in [7, 11) is 1.47. The number of nitrogens with zero attached hydrogens (tertiary/aromatic N) is 3. The summed E-state index contributed by atoms with van der Waals surface area (Å²) in [6.07, 6.45) is 0. The van der Waals surface area contributed by atoms with Crippen LogP contribution in [0.2, 0.25) is 0 Å². The minimum Gasteiger partial charge on any atom is -0.504 e. The van der Waals surface area contributed by atoms with Crippen molar-refractivity contribution in [2.75, 3.05) is 7.11 Å². The Morgan fingerprint density at radius 1 is 1.21 bits per heavy atom. The number of thiazole rings is 1. The predicted octanol–water partition coefficient (Wildman–Crippen LogP) is 3.53. The lowest BCUT2D eigenvalue weighted by Gasteiger charge is -2.04. The second kappa shape index (κ2) is 7.28. The molecule has 0 amide bonds. The molecule has 4 aromatic rings. The average molecular weight is 399 g/mol. The first-order chi connectivity index (χ1) is 13.5. The molecule has 0 bridgehead atoms. The molecule has 0 atom stereocenters. The Hall–Kier alpha value is -3.46. The fraction of sp³-hybridized carbons (Fsp3) is 0.105. The Morgan fingerprint density at radius 2 is 1.96 bits per heavy atom. The molecule has 0 fully saturated rings. The van der Waals surface area contributed by atoms with E-state index in [1.807, 2.05) is 5.38 Å². The van der Waals surface area contributed by atoms with Crippen molar-refractivity contribution in [3.8, 4) is 33.5 Å². The molecule has 0 aliphatic heterocycles. The van der Waals surface area contributed by atoms with Crippen LogP contribution in [0.5, 0.6) is 11.5 Å². The zero-order valence-electron chi connectivity index (χ0n) is 14.6. The van der Waals surface area contributed by atoms with E-state index in [2.05, 4.69) is 10.1 Å². The van der Waals surface area contributed by atoms with Gasteiger partial charge in [-0.25, -0.2) is 14.2 Å². The number of hydrogen-bond acceptors (Lipinski definition) is 7. The van der Waals surface area contributed by atoms with Gasteiger partial charge < -0.3 is 14.3 Å². The molecule has 0 radical (unpaired) electrons. The van der Waals surface area contributed by atoms with Gasteiger partial charge in [0.25, 0.3) is 0 Å². The summed E-state index contributed by atoms with van der Waals surface area (Å²) >= 11 is 1.39. The van der Waals surface area contributed by atoms with Crippen LogP contribution in [0, 0.1) is 5.82 Å². The van der Waals surface area contributed by atoms with Gasteiger partial charge in [0, 0.05) is 16.5 Å². The molecule has 2 aromatic heterocycles. The summed E-state index contributed by atoms with van der Waals surface area (Å²) in [6.45, 7) is 0.134. The van der Waals surface area contributed by atoms with Crippen LogP contribution in [0.3, 0.4) is 0 Å². The van der Waals surface area contributed by atoms with E-state index in [0.29, 0.717) is 22.0 Å². The topological polar surface area (TPSA) is 90.4 Å². The van der Waals surface area contributed by atoms with Crippen LogP contribution in [-0.4, -0.2) is 27.0 Å². The smallest absolute Gasteiger partial charge is 0.437 e. The number of hydrogen-bond donors (Lipinski definition) is 1. The van der Waals surface area contributed by atoms with Crippen molar-refractivity contribution in [2.45, 2.75) is 6.54 Å². The van der Waals surface area contributed by atoms with E-state index in [1.54, 1.807) is 12.1 Å². The van der Waals surface area contributed by atoms with Crippen molar-refractivity contribution in [2.24, 2.45) is 0 Å². The summed E-state index contributed by atoms with van der Waals surface area (Å²) in [5, 5.41) is 16.4. The maximum absolute atomic E-state index is 13.0. The van der Waals surface area contributed by atoms with Crippen molar-refractivity contribution in [3.63, 3.8) is 0 Å². The third-order valence-electron chi connectivity index (χ3n) is 3.99. The highest BCUT2D eigenvalue weighted by Gasteiger charge is 2.13. The molecule has 0 saturated carbocycles. The lowest BCUT2D eigenvalue weighted by Crippen LogP contribution is -2.16. The maximum Gasteiger partial charge on any atom is 0.437 e. The van der Waals surface area contributed by atoms with E-state index in [9.17, 15) is 14.3 Å². The zero-order chi connectivity index (χ0) is 19.7. The normalized spacial score (nSPS) is 10.9. The van der Waals surface area contributed by atoms with Gasteiger partial charge in [-0.05, 0) is 42.5 Å². The van der Waals surface area contributed by atoms with Gasteiger partial charge in [0.2, 0.25) is 5.89 Å². The van der Waals surface area contributed by atoms with Crippen LogP contribution in [0.15, 0.2) is 57.1 Å². The molecule has 9 heteroatoms. The molecule has 7 nitrogen and oxygen atoms in total. The van der Waals surface area contributed by atoms with E-state index >= 15 is 0 Å². The first-order valence-corrected chi connectivity index (χ1v) is 9.07. The number of phenols is 1. The number of aromatic hydroxyl groups is 1. The van der Waals surface area contributed by atoms with E-state index in [-0.39, 0.29) is 24.0 Å². The number of phenolic OH excluding ortho intramolecular Hbond substituents is 1. The van der Waals surface area contributed by atoms with Crippen LogP contribution in [0.25, 0.3) is 22.0 Å². The molecule has 1 N–H and O–H groups in total. The number of halogens is 1. The van der Waals surface area contributed by atoms with E-state index in [4.69, 9.17) is 9.15 Å². The van der Waals surface area contributed by atoms with Crippen LogP contribution in [0.4, 0.5) is 4.39 Å². The van der Waals surface area contributed by atoms with Gasteiger partial charge in [-0.15, -0.1) is 16.4 Å². The first kappa shape index (κ1) is 17.9. The van der Waals surface area contributed by atoms with Gasteiger partial charge in [0.05, 0.1) is 19.3 Å². The van der Waals surface area contributed by atoms with Crippen LogP contribution < -0.4 is 10.5 Å². The fourth-order valence-electron chi connectivity index (χ4n) is 2.59. The van der Waals surface area contributed by atoms with Gasteiger partial charge in [-0.1, -0.05) is 0 Å². The zero-order valence-corrected chi connectivity index (χ0v) is 15.4. The third kappa shape index (κ3) is 3.52. The Kier molecular flexibility index (Phi) is 4.66. The van der Waals surface area contributed by atoms with Crippen molar-refractivity contribution in [3.05, 3.63) is 69.9 Å². The van der Waals surface area contributed by atoms with E-state index < -0.39 is 5.76 Å². The molecule has 2 aromatic carbocycles. The van der Waals surface area contributed by atoms with Gasteiger partial charge in [-0.3, -0.25) is 0 Å². The Morgan fingerprint density at radius 3 is 2.71 bits per heavy atom. The molecule has 0 unspecified atom stereocenters. The highest BCUT2D eigenvalue weighted by Crippen LogP contribution is 2.32. The number of benzene rings is 2. The predicted molar refractivity (Wildman–Crippen MR) is 101 cm³/mol. The van der Waals surface area contributed by atoms with E-state index in [1.165, 1.54) is 48.8 Å². The minimum absolute atomic E-state index is 0.0468. The van der Waals surface area contributed by atoms with Crippen molar-refractivity contribution >= 4 is 11.3 Å². The SMILES string of the molecule is COc1cc(-c2nc(Cn3nc(-c4ccc(F)cc4)oc3=O)cs2)ccc1O. The number of rotatable bonds is 5. The fourth-order valence-corrected chi connectivity index (χ4v) is 3.40. The maximum atomic E-state index is 13.0. The highest BCUT2D eigenvalue weighted by atomic mass is 32.1.